The molecule has 0 aromatic heterocycles. The van der Waals surface area contributed by atoms with E-state index >= 15 is 0 Å². The van der Waals surface area contributed by atoms with Crippen molar-refractivity contribution in [3.63, 3.8) is 0 Å². The molecule has 0 spiro atoms. The molecule has 1 heteroatoms. The van der Waals surface area contributed by atoms with Gasteiger partial charge >= 0.3 is 0 Å². The first-order valence-corrected chi connectivity index (χ1v) is 5.89. The Balaban J connectivity index is 2.18. The van der Waals surface area contributed by atoms with Crippen LogP contribution < -0.4 is 5.73 Å². The lowest BCUT2D eigenvalue weighted by molar-refractivity contribution is 0.809. The van der Waals surface area contributed by atoms with Crippen molar-refractivity contribution in [2.45, 2.75) is 32.1 Å². The van der Waals surface area contributed by atoms with Crippen molar-refractivity contribution in [2.75, 3.05) is 6.54 Å². The van der Waals surface area contributed by atoms with Crippen LogP contribution in [0.4, 0.5) is 0 Å². The number of nitrogens with two attached hydrogens (primary N) is 1. The highest BCUT2D eigenvalue weighted by atomic mass is 14.5. The summed E-state index contributed by atoms with van der Waals surface area (Å²) in [6, 6.07) is 8.79. The monoisotopic (exact) mass is 201 g/mol. The normalized spacial score (nSPS) is 17.8. The van der Waals surface area contributed by atoms with Gasteiger partial charge in [0, 0.05) is 0 Å². The number of fused-ring (bicyclic) bond motifs is 1. The van der Waals surface area contributed by atoms with Crippen LogP contribution in [0, 0.1) is 0 Å². The number of allylic oxidation sites excluding steroid dienone is 2. The third-order valence-corrected chi connectivity index (χ3v) is 3.05. The van der Waals surface area contributed by atoms with E-state index in [1.165, 1.54) is 36.0 Å². The Kier molecular flexibility index (Phi) is 3.57. The largest absolute Gasteiger partial charge is 0.330 e. The van der Waals surface area contributed by atoms with Crippen molar-refractivity contribution in [3.8, 4) is 0 Å². The third kappa shape index (κ3) is 2.48. The number of benzene rings is 1. The molecule has 0 heterocycles. The molecule has 0 aliphatic heterocycles. The average Bonchev–Trinajstić information content (AvgIpc) is 2.30. The Morgan fingerprint density at radius 2 is 2.07 bits per heavy atom. The van der Waals surface area contributed by atoms with Crippen LogP contribution in [-0.4, -0.2) is 6.54 Å². The SMILES string of the molecule is NCCCC=C1CCCc2ccccc21. The average molecular weight is 201 g/mol. The van der Waals surface area contributed by atoms with Crippen LogP contribution >= 0.6 is 0 Å². The van der Waals surface area contributed by atoms with Crippen molar-refractivity contribution in [3.05, 3.63) is 41.5 Å². The summed E-state index contributed by atoms with van der Waals surface area (Å²) in [4.78, 5) is 0. The fourth-order valence-corrected chi connectivity index (χ4v) is 2.26. The Bertz CT molecular complexity index is 352. The van der Waals surface area contributed by atoms with Crippen molar-refractivity contribution in [2.24, 2.45) is 5.73 Å². The zero-order valence-corrected chi connectivity index (χ0v) is 9.21. The van der Waals surface area contributed by atoms with Gasteiger partial charge in [-0.3, -0.25) is 0 Å². The summed E-state index contributed by atoms with van der Waals surface area (Å²) in [5.41, 5.74) is 10.0. The maximum absolute atomic E-state index is 5.51. The molecule has 0 radical (unpaired) electrons. The molecule has 0 bridgehead atoms. The minimum Gasteiger partial charge on any atom is -0.330 e. The van der Waals surface area contributed by atoms with Gasteiger partial charge in [0.25, 0.3) is 0 Å². The van der Waals surface area contributed by atoms with Crippen molar-refractivity contribution in [1.29, 1.82) is 0 Å². The minimum absolute atomic E-state index is 0.797. The van der Waals surface area contributed by atoms with E-state index in [1.54, 1.807) is 0 Å². The van der Waals surface area contributed by atoms with Gasteiger partial charge in [0.05, 0.1) is 0 Å². The van der Waals surface area contributed by atoms with Gasteiger partial charge in [0.2, 0.25) is 0 Å². The smallest absolute Gasteiger partial charge is 0.00743 e. The molecule has 0 atom stereocenters. The Hall–Kier alpha value is -1.08. The first-order chi connectivity index (χ1) is 7.42. The van der Waals surface area contributed by atoms with E-state index in [2.05, 4.69) is 30.3 Å². The summed E-state index contributed by atoms with van der Waals surface area (Å²) in [6.45, 7) is 0.797. The summed E-state index contributed by atoms with van der Waals surface area (Å²) < 4.78 is 0. The van der Waals surface area contributed by atoms with Gasteiger partial charge in [0.15, 0.2) is 0 Å². The summed E-state index contributed by atoms with van der Waals surface area (Å²) in [5, 5.41) is 0. The lowest BCUT2D eigenvalue weighted by Gasteiger charge is -2.18. The van der Waals surface area contributed by atoms with E-state index in [4.69, 9.17) is 5.73 Å². The van der Waals surface area contributed by atoms with Gasteiger partial charge in [-0.05, 0) is 55.3 Å². The highest BCUT2D eigenvalue weighted by molar-refractivity contribution is 5.69. The van der Waals surface area contributed by atoms with Gasteiger partial charge in [-0.2, -0.15) is 0 Å². The molecule has 80 valence electrons. The molecule has 0 saturated heterocycles. The predicted octanol–water partition coefficient (Wildman–Crippen LogP) is 3.15. The van der Waals surface area contributed by atoms with E-state index in [1.807, 2.05) is 0 Å². The summed E-state index contributed by atoms with van der Waals surface area (Å²) in [7, 11) is 0. The van der Waals surface area contributed by atoms with Gasteiger partial charge in [-0.1, -0.05) is 30.3 Å². The van der Waals surface area contributed by atoms with E-state index in [0.717, 1.165) is 19.4 Å². The van der Waals surface area contributed by atoms with Crippen LogP contribution in [0.5, 0.6) is 0 Å². The lowest BCUT2D eigenvalue weighted by Crippen LogP contribution is -2.02. The van der Waals surface area contributed by atoms with E-state index in [-0.39, 0.29) is 0 Å². The second-order valence-electron chi connectivity index (χ2n) is 4.17. The van der Waals surface area contributed by atoms with Crippen molar-refractivity contribution in [1.82, 2.24) is 0 Å². The van der Waals surface area contributed by atoms with E-state index in [9.17, 15) is 0 Å². The standard InChI is InChI=1S/C14H19N/c15-11-4-3-7-13-9-5-8-12-6-1-2-10-14(12)13/h1-2,6-7,10H,3-5,8-9,11,15H2. The van der Waals surface area contributed by atoms with Crippen LogP contribution in [0.3, 0.4) is 0 Å². The van der Waals surface area contributed by atoms with Crippen LogP contribution in [0.15, 0.2) is 30.3 Å². The van der Waals surface area contributed by atoms with Crippen molar-refractivity contribution < 1.29 is 0 Å². The number of hydrogen-bond donors (Lipinski definition) is 1. The molecule has 1 aliphatic rings. The van der Waals surface area contributed by atoms with Crippen LogP contribution in [0.1, 0.15) is 36.8 Å². The molecule has 15 heavy (non-hydrogen) atoms. The topological polar surface area (TPSA) is 26.0 Å². The van der Waals surface area contributed by atoms with Gasteiger partial charge in [-0.25, -0.2) is 0 Å². The van der Waals surface area contributed by atoms with Crippen LogP contribution in [0.25, 0.3) is 5.57 Å². The first kappa shape index (κ1) is 10.4. The highest BCUT2D eigenvalue weighted by Gasteiger charge is 2.12. The van der Waals surface area contributed by atoms with E-state index in [0.29, 0.717) is 0 Å². The molecule has 0 saturated carbocycles. The third-order valence-electron chi connectivity index (χ3n) is 3.05. The number of rotatable bonds is 3. The summed E-state index contributed by atoms with van der Waals surface area (Å²) >= 11 is 0. The van der Waals surface area contributed by atoms with E-state index < -0.39 is 0 Å². The van der Waals surface area contributed by atoms with Crippen LogP contribution in [0.2, 0.25) is 0 Å². The predicted molar refractivity (Wildman–Crippen MR) is 65.6 cm³/mol. The lowest BCUT2D eigenvalue weighted by atomic mass is 9.87. The summed E-state index contributed by atoms with van der Waals surface area (Å²) in [6.07, 6.45) is 8.38. The maximum atomic E-state index is 5.51. The molecule has 2 N–H and O–H groups in total. The molecule has 0 amide bonds. The molecule has 0 unspecified atom stereocenters. The van der Waals surface area contributed by atoms with Crippen molar-refractivity contribution >= 4 is 5.57 Å². The molecular formula is C14H19N. The second kappa shape index (κ2) is 5.13. The Morgan fingerprint density at radius 3 is 2.93 bits per heavy atom. The van der Waals surface area contributed by atoms with Crippen LogP contribution in [-0.2, 0) is 6.42 Å². The fourth-order valence-electron chi connectivity index (χ4n) is 2.26. The summed E-state index contributed by atoms with van der Waals surface area (Å²) in [5.74, 6) is 0. The molecule has 1 aromatic rings. The number of aryl methyl sites for hydroxylation is 1. The second-order valence-corrected chi connectivity index (χ2v) is 4.17. The Labute approximate surface area is 92.0 Å². The zero-order valence-electron chi connectivity index (χ0n) is 9.21. The number of hydrogen-bond acceptors (Lipinski definition) is 1. The zero-order chi connectivity index (χ0) is 10.5. The Morgan fingerprint density at radius 1 is 1.20 bits per heavy atom. The molecule has 1 aliphatic carbocycles. The quantitative estimate of drug-likeness (QED) is 0.747. The van der Waals surface area contributed by atoms with Gasteiger partial charge in [0.1, 0.15) is 0 Å². The van der Waals surface area contributed by atoms with Gasteiger partial charge in [-0.15, -0.1) is 0 Å². The number of unbranched alkanes of at least 4 members (excludes halogenated alkanes) is 1. The molecule has 2 rings (SSSR count). The fraction of sp³-hybridized carbons (Fsp3) is 0.429. The molecular weight excluding hydrogens is 182 g/mol. The molecule has 0 fully saturated rings. The minimum atomic E-state index is 0.797. The first-order valence-electron chi connectivity index (χ1n) is 5.89. The molecule has 1 nitrogen and oxygen atoms in total. The molecule has 1 aromatic carbocycles. The highest BCUT2D eigenvalue weighted by Crippen LogP contribution is 2.30. The van der Waals surface area contributed by atoms with Gasteiger partial charge < -0.3 is 5.73 Å². The maximum Gasteiger partial charge on any atom is -0.00743 e.